The Labute approximate surface area is 161 Å². The highest BCUT2D eigenvalue weighted by molar-refractivity contribution is 5.89. The number of methoxy groups -OCH3 is 2. The molecule has 28 heavy (non-hydrogen) atoms. The van der Waals surface area contributed by atoms with E-state index in [0.29, 0.717) is 11.1 Å². The molecule has 3 N–H and O–H groups in total. The molecule has 0 aliphatic rings. The highest BCUT2D eigenvalue weighted by atomic mass is 16.6. The zero-order chi connectivity index (χ0) is 20.7. The molecule has 1 atom stereocenters. The van der Waals surface area contributed by atoms with Crippen LogP contribution < -0.4 is 9.47 Å². The molecule has 0 heterocycles. The summed E-state index contributed by atoms with van der Waals surface area (Å²) >= 11 is 0. The minimum Gasteiger partial charge on any atom is -0.504 e. The predicted molar refractivity (Wildman–Crippen MR) is 99.6 cm³/mol. The van der Waals surface area contributed by atoms with Crippen molar-refractivity contribution in [3.05, 3.63) is 53.6 Å². The largest absolute Gasteiger partial charge is 0.504 e. The Kier molecular flexibility index (Phi) is 6.86. The number of carbonyl (C=O) groups excluding carboxylic acids is 1. The summed E-state index contributed by atoms with van der Waals surface area (Å²) in [6.07, 6.45) is 0.925. The quantitative estimate of drug-likeness (QED) is 0.465. The molecule has 0 radical (unpaired) electrons. The monoisotopic (exact) mass is 388 g/mol. The van der Waals surface area contributed by atoms with Crippen molar-refractivity contribution >= 4 is 18.0 Å². The molecule has 2 rings (SSSR count). The maximum Gasteiger partial charge on any atom is 0.345 e. The lowest BCUT2D eigenvalue weighted by Gasteiger charge is -2.13. The number of ether oxygens (including phenoxy) is 3. The van der Waals surface area contributed by atoms with E-state index in [1.165, 1.54) is 44.6 Å². The van der Waals surface area contributed by atoms with Crippen LogP contribution in [-0.4, -0.2) is 47.6 Å². The summed E-state index contributed by atoms with van der Waals surface area (Å²) in [7, 11) is 2.79. The summed E-state index contributed by atoms with van der Waals surface area (Å²) in [6.45, 7) is 0. The molecule has 8 nitrogen and oxygen atoms in total. The SMILES string of the molecule is COc1ccc(CC(OC(=O)C=Cc2ccc(O)c(OC)c2)C(=O)O)cc1O. The average Bonchev–Trinajstić information content (AvgIpc) is 2.67. The molecule has 0 fully saturated rings. The number of benzene rings is 2. The number of aromatic hydroxyl groups is 2. The molecule has 0 spiro atoms. The Hall–Kier alpha value is -3.68. The fourth-order valence-electron chi connectivity index (χ4n) is 2.40. The second kappa shape index (κ2) is 9.31. The molecule has 0 saturated heterocycles. The predicted octanol–water partition coefficient (Wildman–Crippen LogP) is 2.37. The van der Waals surface area contributed by atoms with Crippen LogP contribution in [-0.2, 0) is 20.7 Å². The lowest BCUT2D eigenvalue weighted by atomic mass is 10.1. The summed E-state index contributed by atoms with van der Waals surface area (Å²) in [5.41, 5.74) is 1.02. The average molecular weight is 388 g/mol. The fourth-order valence-corrected chi connectivity index (χ4v) is 2.40. The van der Waals surface area contributed by atoms with Gasteiger partial charge in [-0.25, -0.2) is 9.59 Å². The van der Waals surface area contributed by atoms with Gasteiger partial charge in [0, 0.05) is 12.5 Å². The van der Waals surface area contributed by atoms with Gasteiger partial charge in [-0.1, -0.05) is 12.1 Å². The van der Waals surface area contributed by atoms with Gasteiger partial charge in [0.25, 0.3) is 0 Å². The van der Waals surface area contributed by atoms with Crippen molar-refractivity contribution < 1.29 is 39.1 Å². The molecule has 8 heteroatoms. The molecule has 0 aliphatic carbocycles. The minimum absolute atomic E-state index is 0.0455. The van der Waals surface area contributed by atoms with Gasteiger partial charge >= 0.3 is 11.9 Å². The van der Waals surface area contributed by atoms with Crippen LogP contribution in [0.3, 0.4) is 0 Å². The van der Waals surface area contributed by atoms with Gasteiger partial charge in [0.2, 0.25) is 6.10 Å². The number of hydrogen-bond acceptors (Lipinski definition) is 7. The maximum atomic E-state index is 12.0. The molecule has 0 saturated carbocycles. The topological polar surface area (TPSA) is 123 Å². The van der Waals surface area contributed by atoms with Crippen molar-refractivity contribution in [1.82, 2.24) is 0 Å². The summed E-state index contributed by atoms with van der Waals surface area (Å²) < 4.78 is 14.9. The fraction of sp³-hybridized carbons (Fsp3) is 0.200. The van der Waals surface area contributed by atoms with Crippen LogP contribution in [0, 0.1) is 0 Å². The number of hydrogen-bond donors (Lipinski definition) is 3. The third-order valence-corrected chi connectivity index (χ3v) is 3.81. The summed E-state index contributed by atoms with van der Waals surface area (Å²) in [6, 6.07) is 8.87. The minimum atomic E-state index is -1.43. The third kappa shape index (κ3) is 5.41. The molecular formula is C20H20O8. The Bertz CT molecular complexity index is 888. The van der Waals surface area contributed by atoms with E-state index in [9.17, 15) is 24.9 Å². The molecule has 2 aromatic rings. The lowest BCUT2D eigenvalue weighted by Crippen LogP contribution is -2.28. The van der Waals surface area contributed by atoms with Gasteiger partial charge in [-0.05, 0) is 41.5 Å². The second-order valence-corrected chi connectivity index (χ2v) is 5.74. The van der Waals surface area contributed by atoms with E-state index in [-0.39, 0.29) is 29.4 Å². The molecule has 148 valence electrons. The number of aliphatic carboxylic acids is 1. The van der Waals surface area contributed by atoms with E-state index in [2.05, 4.69) is 0 Å². The number of carboxylic acid groups (broad SMARTS) is 1. The highest BCUT2D eigenvalue weighted by Crippen LogP contribution is 2.28. The van der Waals surface area contributed by atoms with Crippen LogP contribution in [0.4, 0.5) is 0 Å². The summed E-state index contributed by atoms with van der Waals surface area (Å²) in [5.74, 6) is -1.87. The van der Waals surface area contributed by atoms with Crippen LogP contribution in [0.1, 0.15) is 11.1 Å². The molecule has 0 aliphatic heterocycles. The number of phenolic OH excluding ortho intramolecular Hbond substituents is 2. The van der Waals surface area contributed by atoms with Crippen LogP contribution in [0.5, 0.6) is 23.0 Å². The molecule has 0 amide bonds. The Morgan fingerprint density at radius 3 is 2.32 bits per heavy atom. The van der Waals surface area contributed by atoms with Crippen molar-refractivity contribution in [2.24, 2.45) is 0 Å². The van der Waals surface area contributed by atoms with Crippen molar-refractivity contribution in [1.29, 1.82) is 0 Å². The first-order valence-corrected chi connectivity index (χ1v) is 8.18. The molecular weight excluding hydrogens is 368 g/mol. The zero-order valence-corrected chi connectivity index (χ0v) is 15.3. The van der Waals surface area contributed by atoms with E-state index in [4.69, 9.17) is 14.2 Å². The van der Waals surface area contributed by atoms with Gasteiger partial charge in [-0.2, -0.15) is 0 Å². The van der Waals surface area contributed by atoms with Crippen molar-refractivity contribution in [2.45, 2.75) is 12.5 Å². The highest BCUT2D eigenvalue weighted by Gasteiger charge is 2.22. The van der Waals surface area contributed by atoms with Crippen molar-refractivity contribution in [3.8, 4) is 23.0 Å². The molecule has 2 aromatic carbocycles. The van der Waals surface area contributed by atoms with Gasteiger partial charge in [0.05, 0.1) is 14.2 Å². The smallest absolute Gasteiger partial charge is 0.345 e. The third-order valence-electron chi connectivity index (χ3n) is 3.81. The maximum absolute atomic E-state index is 12.0. The zero-order valence-electron chi connectivity index (χ0n) is 15.3. The molecule has 1 unspecified atom stereocenters. The standard InChI is InChI=1S/C20H20O8/c1-26-16-7-4-13(9-15(16)22)11-18(20(24)25)28-19(23)8-5-12-3-6-14(21)17(10-12)27-2/h3-10,18,21-22H,11H2,1-2H3,(H,24,25). The first kappa shape index (κ1) is 20.6. The number of rotatable bonds is 8. The van der Waals surface area contributed by atoms with Gasteiger partial charge in [0.15, 0.2) is 23.0 Å². The van der Waals surface area contributed by atoms with Gasteiger partial charge in [-0.3, -0.25) is 0 Å². The Morgan fingerprint density at radius 1 is 1.00 bits per heavy atom. The Morgan fingerprint density at radius 2 is 1.71 bits per heavy atom. The van der Waals surface area contributed by atoms with E-state index >= 15 is 0 Å². The van der Waals surface area contributed by atoms with Crippen molar-refractivity contribution in [3.63, 3.8) is 0 Å². The lowest BCUT2D eigenvalue weighted by molar-refractivity contribution is -0.160. The van der Waals surface area contributed by atoms with Gasteiger partial charge < -0.3 is 29.5 Å². The Balaban J connectivity index is 2.06. The van der Waals surface area contributed by atoms with E-state index in [1.54, 1.807) is 12.1 Å². The van der Waals surface area contributed by atoms with Crippen LogP contribution in [0.2, 0.25) is 0 Å². The number of phenols is 2. The molecule has 0 aromatic heterocycles. The van der Waals surface area contributed by atoms with Crippen LogP contribution in [0.15, 0.2) is 42.5 Å². The molecule has 0 bridgehead atoms. The van der Waals surface area contributed by atoms with Gasteiger partial charge in [-0.15, -0.1) is 0 Å². The summed E-state index contributed by atoms with van der Waals surface area (Å²) in [4.78, 5) is 23.4. The summed E-state index contributed by atoms with van der Waals surface area (Å²) in [5, 5.41) is 28.6. The number of carboxylic acids is 1. The van der Waals surface area contributed by atoms with E-state index < -0.39 is 18.0 Å². The number of carbonyl (C=O) groups is 2. The van der Waals surface area contributed by atoms with Gasteiger partial charge in [0.1, 0.15) is 0 Å². The second-order valence-electron chi connectivity index (χ2n) is 5.74. The normalized spacial score (nSPS) is 11.8. The van der Waals surface area contributed by atoms with Crippen molar-refractivity contribution in [2.75, 3.05) is 14.2 Å². The van der Waals surface area contributed by atoms with E-state index in [0.717, 1.165) is 6.08 Å². The van der Waals surface area contributed by atoms with Crippen LogP contribution in [0.25, 0.3) is 6.08 Å². The first-order valence-electron chi connectivity index (χ1n) is 8.18. The van der Waals surface area contributed by atoms with E-state index in [1.807, 2.05) is 0 Å². The first-order chi connectivity index (χ1) is 13.3. The van der Waals surface area contributed by atoms with Crippen LogP contribution >= 0.6 is 0 Å². The number of esters is 1.